The zero-order chi connectivity index (χ0) is 16.1. The topological polar surface area (TPSA) is 50.8 Å². The Morgan fingerprint density at radius 1 is 0.909 bits per heavy atom. The van der Waals surface area contributed by atoms with Crippen molar-refractivity contribution in [1.82, 2.24) is 0 Å². The summed E-state index contributed by atoms with van der Waals surface area (Å²) >= 11 is -0.295. The zero-order valence-electron chi connectivity index (χ0n) is 10.6. The summed E-state index contributed by atoms with van der Waals surface area (Å²) in [5.41, 5.74) is 0.545. The molecule has 2 aromatic carbocycles. The third kappa shape index (κ3) is 3.50. The Labute approximate surface area is 126 Å². The Morgan fingerprint density at radius 2 is 1.50 bits per heavy atom. The first-order valence-electron chi connectivity index (χ1n) is 5.72. The molecule has 0 radical (unpaired) electrons. The Kier molecular flexibility index (Phi) is 5.61. The lowest BCUT2D eigenvalue weighted by atomic mass is 10.2. The number of rotatable bonds is 6. The van der Waals surface area contributed by atoms with E-state index in [1.54, 1.807) is 30.3 Å². The summed E-state index contributed by atoms with van der Waals surface area (Å²) < 4.78 is 63.2. The van der Waals surface area contributed by atoms with Gasteiger partial charge in [-0.15, -0.1) is 0 Å². The van der Waals surface area contributed by atoms with Crippen LogP contribution in [0.5, 0.6) is 5.75 Å². The van der Waals surface area contributed by atoms with Crippen molar-refractivity contribution in [2.24, 2.45) is 0 Å². The molecular formula is C13H7F4O4S-. The molecule has 0 saturated heterocycles. The van der Waals surface area contributed by atoms with E-state index in [1.807, 2.05) is 0 Å². The highest BCUT2D eigenvalue weighted by Crippen LogP contribution is 2.35. The van der Waals surface area contributed by atoms with Crippen molar-refractivity contribution < 1.29 is 36.9 Å². The predicted octanol–water partition coefficient (Wildman–Crippen LogP) is 3.05. The number of halogens is 4. The summed E-state index contributed by atoms with van der Waals surface area (Å²) in [6, 6.07) is 8.24. The predicted molar refractivity (Wildman–Crippen MR) is 65.1 cm³/mol. The van der Waals surface area contributed by atoms with Crippen LogP contribution in [0, 0.1) is 23.3 Å². The van der Waals surface area contributed by atoms with Crippen LogP contribution in [0.3, 0.4) is 0 Å². The molecule has 2 rings (SSSR count). The van der Waals surface area contributed by atoms with Crippen LogP contribution in [0.4, 0.5) is 17.6 Å². The fourth-order valence-corrected chi connectivity index (χ4v) is 1.99. The lowest BCUT2D eigenvalue weighted by molar-refractivity contribution is -0.777. The molecule has 0 heterocycles. The molecule has 0 aliphatic carbocycles. The van der Waals surface area contributed by atoms with Crippen LogP contribution >= 0.6 is 12.0 Å². The molecular weight excluding hydrogens is 328 g/mol. The van der Waals surface area contributed by atoms with Gasteiger partial charge in [-0.1, -0.05) is 30.3 Å². The maximum absolute atomic E-state index is 13.7. The third-order valence-corrected chi connectivity index (χ3v) is 3.20. The standard InChI is InChI=1S/C13H8F4O4S/c14-8-10(16)13(22-21-20-18)11(17)9(15)12(8)19-6-7-4-2-1-3-5-7/h1-5,18H,6H2/p-1. The van der Waals surface area contributed by atoms with Gasteiger partial charge >= 0.3 is 0 Å². The van der Waals surface area contributed by atoms with Gasteiger partial charge in [0.2, 0.25) is 11.6 Å². The first-order valence-corrected chi connectivity index (χ1v) is 6.46. The minimum absolute atomic E-state index is 0.291. The molecule has 0 unspecified atom stereocenters. The molecule has 0 saturated carbocycles. The molecule has 4 nitrogen and oxygen atoms in total. The van der Waals surface area contributed by atoms with Crippen LogP contribution in [-0.4, -0.2) is 0 Å². The first-order chi connectivity index (χ1) is 10.6. The van der Waals surface area contributed by atoms with Gasteiger partial charge in [0.1, 0.15) is 11.5 Å². The van der Waals surface area contributed by atoms with E-state index in [9.17, 15) is 22.8 Å². The minimum atomic E-state index is -1.76. The Bertz CT molecular complexity index is 625. The molecule has 9 heteroatoms. The van der Waals surface area contributed by atoms with Crippen LogP contribution < -0.4 is 9.99 Å². The largest absolute Gasteiger partial charge is 0.691 e. The van der Waals surface area contributed by atoms with Crippen molar-refractivity contribution in [3.05, 3.63) is 59.2 Å². The lowest BCUT2D eigenvalue weighted by Gasteiger charge is -2.12. The third-order valence-electron chi connectivity index (χ3n) is 2.55. The van der Waals surface area contributed by atoms with Crippen molar-refractivity contribution in [2.45, 2.75) is 11.5 Å². The van der Waals surface area contributed by atoms with Crippen LogP contribution in [0.2, 0.25) is 0 Å². The maximum Gasteiger partial charge on any atom is 0.205 e. The number of hydrogen-bond acceptors (Lipinski definition) is 5. The highest BCUT2D eigenvalue weighted by Gasteiger charge is 2.27. The second-order valence-electron chi connectivity index (χ2n) is 3.91. The fraction of sp³-hybridized carbons (Fsp3) is 0.0769. The van der Waals surface area contributed by atoms with Crippen molar-refractivity contribution in [3.63, 3.8) is 0 Å². The summed E-state index contributed by atoms with van der Waals surface area (Å²) in [4.78, 5) is -1.20. The van der Waals surface area contributed by atoms with Crippen molar-refractivity contribution in [3.8, 4) is 5.75 Å². The molecule has 0 spiro atoms. The van der Waals surface area contributed by atoms with E-state index in [4.69, 9.17) is 4.74 Å². The van der Waals surface area contributed by atoms with Gasteiger partial charge in [0.15, 0.2) is 17.4 Å². The van der Waals surface area contributed by atoms with Gasteiger partial charge in [-0.25, -0.2) is 8.78 Å². The number of benzene rings is 2. The van der Waals surface area contributed by atoms with E-state index in [2.05, 4.69) is 9.37 Å². The van der Waals surface area contributed by atoms with Gasteiger partial charge in [-0.2, -0.15) is 13.1 Å². The molecule has 0 N–H and O–H groups in total. The maximum atomic E-state index is 13.7. The van der Waals surface area contributed by atoms with Gasteiger partial charge in [-0.3, -0.25) is 5.04 Å². The molecule has 0 atom stereocenters. The lowest BCUT2D eigenvalue weighted by Crippen LogP contribution is -2.07. The van der Waals surface area contributed by atoms with Gasteiger partial charge < -0.3 is 9.99 Å². The Morgan fingerprint density at radius 3 is 2.05 bits per heavy atom. The highest BCUT2D eigenvalue weighted by molar-refractivity contribution is 7.94. The van der Waals surface area contributed by atoms with Crippen LogP contribution in [0.15, 0.2) is 35.2 Å². The monoisotopic (exact) mass is 335 g/mol. The van der Waals surface area contributed by atoms with E-state index in [0.717, 1.165) is 0 Å². The minimum Gasteiger partial charge on any atom is -0.691 e. The first kappa shape index (κ1) is 16.6. The fourth-order valence-electron chi connectivity index (χ4n) is 1.57. The van der Waals surface area contributed by atoms with Crippen molar-refractivity contribution >= 4 is 12.0 Å². The van der Waals surface area contributed by atoms with E-state index >= 15 is 0 Å². The molecule has 0 amide bonds. The van der Waals surface area contributed by atoms with Gasteiger partial charge in [0.05, 0.1) is 12.0 Å². The molecule has 2 aromatic rings. The average molecular weight is 335 g/mol. The molecule has 0 aromatic heterocycles. The summed E-state index contributed by atoms with van der Waals surface area (Å²) in [5.74, 6) is -8.21. The number of ether oxygens (including phenoxy) is 1. The van der Waals surface area contributed by atoms with Crippen molar-refractivity contribution in [1.29, 1.82) is 0 Å². The molecule has 0 aliphatic rings. The molecule has 0 fully saturated rings. The van der Waals surface area contributed by atoms with Crippen LogP contribution in [0.25, 0.3) is 0 Å². The van der Waals surface area contributed by atoms with Crippen LogP contribution in [-0.2, 0) is 16.0 Å². The quantitative estimate of drug-likeness (QED) is 0.267. The zero-order valence-corrected chi connectivity index (χ0v) is 11.5. The Hall–Kier alpha value is -1.81. The summed E-state index contributed by atoms with van der Waals surface area (Å²) in [5, 5.41) is 12.5. The Balaban J connectivity index is 2.28. The SMILES string of the molecule is [O-]OOSc1c(F)c(F)c(OCc2ccccc2)c(F)c1F. The smallest absolute Gasteiger partial charge is 0.205 e. The highest BCUT2D eigenvalue weighted by atomic mass is 32.2. The second-order valence-corrected chi connectivity index (χ2v) is 4.62. The average Bonchev–Trinajstić information content (AvgIpc) is 2.54. The molecule has 118 valence electrons. The number of hydrogen-bond donors (Lipinski definition) is 0. The molecule has 0 bridgehead atoms. The van der Waals surface area contributed by atoms with Crippen LogP contribution in [0.1, 0.15) is 5.56 Å². The van der Waals surface area contributed by atoms with E-state index < -0.39 is 33.9 Å². The summed E-state index contributed by atoms with van der Waals surface area (Å²) in [7, 11) is 0. The van der Waals surface area contributed by atoms with Crippen molar-refractivity contribution in [2.75, 3.05) is 0 Å². The molecule has 22 heavy (non-hydrogen) atoms. The van der Waals surface area contributed by atoms with E-state index in [-0.39, 0.29) is 18.6 Å². The molecule has 0 aliphatic heterocycles. The second kappa shape index (κ2) is 7.45. The normalized spacial score (nSPS) is 10.8. The van der Waals surface area contributed by atoms with Gasteiger partial charge in [0.25, 0.3) is 0 Å². The van der Waals surface area contributed by atoms with Gasteiger partial charge in [0, 0.05) is 0 Å². The van der Waals surface area contributed by atoms with E-state index in [0.29, 0.717) is 5.56 Å². The summed E-state index contributed by atoms with van der Waals surface area (Å²) in [6.45, 7) is -0.291. The van der Waals surface area contributed by atoms with E-state index in [1.165, 1.54) is 0 Å². The van der Waals surface area contributed by atoms with Gasteiger partial charge in [-0.05, 0) is 5.56 Å². The summed E-state index contributed by atoms with van der Waals surface area (Å²) in [6.07, 6.45) is 0.